The first kappa shape index (κ1) is 16.7. The van der Waals surface area contributed by atoms with Crippen molar-refractivity contribution in [1.82, 2.24) is 0 Å². The average molecular weight is 351 g/mol. The van der Waals surface area contributed by atoms with Crippen LogP contribution in [0.4, 0.5) is 18.9 Å². The molecule has 1 aromatic heterocycles. The minimum Gasteiger partial charge on any atom is -0.508 e. The van der Waals surface area contributed by atoms with Crippen molar-refractivity contribution < 1.29 is 27.4 Å². The summed E-state index contributed by atoms with van der Waals surface area (Å²) in [5.41, 5.74) is 0.493. The van der Waals surface area contributed by atoms with E-state index < -0.39 is 12.0 Å². The summed E-state index contributed by atoms with van der Waals surface area (Å²) in [5.74, 6) is -0.334. The van der Waals surface area contributed by atoms with Crippen LogP contribution in [0.15, 0.2) is 57.7 Å². The van der Waals surface area contributed by atoms with E-state index in [1.807, 2.05) is 0 Å². The van der Waals surface area contributed by atoms with Crippen LogP contribution in [0, 0.1) is 0 Å². The van der Waals surface area contributed by atoms with Crippen LogP contribution in [0.25, 0.3) is 11.0 Å². The van der Waals surface area contributed by atoms with E-state index in [-0.39, 0.29) is 29.3 Å². The quantitative estimate of drug-likeness (QED) is 0.695. The molecule has 0 unspecified atom stereocenters. The Bertz CT molecular complexity index is 949. The molecule has 8 heteroatoms. The fourth-order valence-corrected chi connectivity index (χ4v) is 2.23. The Morgan fingerprint density at radius 2 is 1.80 bits per heavy atom. The van der Waals surface area contributed by atoms with Crippen LogP contribution in [0.1, 0.15) is 5.56 Å². The second kappa shape index (κ2) is 6.39. The van der Waals surface area contributed by atoms with Crippen molar-refractivity contribution >= 4 is 16.7 Å². The number of hydrogen-bond acceptors (Lipinski definition) is 5. The molecule has 3 rings (SSSR count). The summed E-state index contributed by atoms with van der Waals surface area (Å²) in [6, 6.07) is 11.3. The van der Waals surface area contributed by atoms with Crippen molar-refractivity contribution in [2.24, 2.45) is 0 Å². The summed E-state index contributed by atoms with van der Waals surface area (Å²) in [7, 11) is 0. The molecule has 0 aliphatic heterocycles. The maximum Gasteiger partial charge on any atom is 0.573 e. The normalized spacial score (nSPS) is 11.5. The molecule has 3 aromatic rings. The summed E-state index contributed by atoms with van der Waals surface area (Å²) < 4.78 is 45.2. The number of aromatic hydroxyl groups is 1. The molecule has 0 amide bonds. The first-order valence-corrected chi connectivity index (χ1v) is 7.16. The number of hydrogen-bond donors (Lipinski definition) is 2. The van der Waals surface area contributed by atoms with Gasteiger partial charge in [0.05, 0.1) is 0 Å². The Balaban J connectivity index is 1.73. The van der Waals surface area contributed by atoms with Crippen LogP contribution in [0.3, 0.4) is 0 Å². The molecule has 0 fully saturated rings. The van der Waals surface area contributed by atoms with Crippen LogP contribution in [-0.2, 0) is 6.54 Å². The molecular formula is C17H12F3NO4. The van der Waals surface area contributed by atoms with Gasteiger partial charge in [0.1, 0.15) is 22.8 Å². The van der Waals surface area contributed by atoms with E-state index in [1.165, 1.54) is 36.4 Å². The van der Waals surface area contributed by atoms with E-state index >= 15 is 0 Å². The SMILES string of the molecule is O=c1oc2cc(O)ccc2cc1NCc1ccc(OC(F)(F)F)cc1. The summed E-state index contributed by atoms with van der Waals surface area (Å²) in [6.45, 7) is 0.209. The Morgan fingerprint density at radius 1 is 1.08 bits per heavy atom. The molecule has 0 aliphatic carbocycles. The summed E-state index contributed by atoms with van der Waals surface area (Å²) >= 11 is 0. The zero-order valence-electron chi connectivity index (χ0n) is 12.6. The van der Waals surface area contributed by atoms with E-state index in [2.05, 4.69) is 10.1 Å². The molecule has 0 aliphatic rings. The van der Waals surface area contributed by atoms with Gasteiger partial charge in [0, 0.05) is 18.0 Å². The first-order valence-electron chi connectivity index (χ1n) is 7.16. The lowest BCUT2D eigenvalue weighted by Crippen LogP contribution is -2.17. The number of anilines is 1. The van der Waals surface area contributed by atoms with Gasteiger partial charge in [-0.2, -0.15) is 0 Å². The summed E-state index contributed by atoms with van der Waals surface area (Å²) in [4.78, 5) is 11.9. The van der Waals surface area contributed by atoms with E-state index in [9.17, 15) is 23.1 Å². The zero-order valence-corrected chi connectivity index (χ0v) is 12.6. The van der Waals surface area contributed by atoms with Crippen LogP contribution in [0.5, 0.6) is 11.5 Å². The van der Waals surface area contributed by atoms with Gasteiger partial charge in [-0.25, -0.2) is 4.79 Å². The molecular weight excluding hydrogens is 339 g/mol. The number of ether oxygens (including phenoxy) is 1. The highest BCUT2D eigenvalue weighted by Crippen LogP contribution is 2.23. The van der Waals surface area contributed by atoms with Crippen LogP contribution in [-0.4, -0.2) is 11.5 Å². The molecule has 0 saturated heterocycles. The minimum absolute atomic E-state index is 0.0162. The number of rotatable bonds is 4. The number of fused-ring (bicyclic) bond motifs is 1. The number of benzene rings is 2. The molecule has 0 bridgehead atoms. The Labute approximate surface area is 139 Å². The largest absolute Gasteiger partial charge is 0.573 e. The van der Waals surface area contributed by atoms with Crippen molar-refractivity contribution in [2.45, 2.75) is 12.9 Å². The number of nitrogens with one attached hydrogen (secondary N) is 1. The topological polar surface area (TPSA) is 71.7 Å². The minimum atomic E-state index is -4.74. The number of phenols is 1. The van der Waals surface area contributed by atoms with Gasteiger partial charge in [-0.3, -0.25) is 0 Å². The van der Waals surface area contributed by atoms with Gasteiger partial charge in [0.2, 0.25) is 0 Å². The molecule has 2 aromatic carbocycles. The van der Waals surface area contributed by atoms with Gasteiger partial charge in [0.25, 0.3) is 0 Å². The highest BCUT2D eigenvalue weighted by atomic mass is 19.4. The van der Waals surface area contributed by atoms with Crippen molar-refractivity contribution in [3.63, 3.8) is 0 Å². The number of phenolic OH excluding ortho intramolecular Hbond substituents is 1. The smallest absolute Gasteiger partial charge is 0.508 e. The standard InChI is InChI=1S/C17H12F3NO4/c18-17(19,20)25-13-5-1-10(2-6-13)9-21-14-7-11-3-4-12(22)8-15(11)24-16(14)23/h1-8,21-22H,9H2. The highest BCUT2D eigenvalue weighted by Gasteiger charge is 2.30. The third-order valence-corrected chi connectivity index (χ3v) is 3.36. The third kappa shape index (κ3) is 4.23. The van der Waals surface area contributed by atoms with Gasteiger partial charge in [0.15, 0.2) is 0 Å². The number of alkyl halides is 3. The molecule has 0 saturated carbocycles. The number of halogens is 3. The average Bonchev–Trinajstić information content (AvgIpc) is 2.53. The highest BCUT2D eigenvalue weighted by molar-refractivity contribution is 5.80. The van der Waals surface area contributed by atoms with Gasteiger partial charge in [-0.05, 0) is 35.9 Å². The second-order valence-corrected chi connectivity index (χ2v) is 5.21. The molecule has 25 heavy (non-hydrogen) atoms. The van der Waals surface area contributed by atoms with Crippen LogP contribution >= 0.6 is 0 Å². The lowest BCUT2D eigenvalue weighted by atomic mass is 10.2. The maximum absolute atomic E-state index is 12.1. The molecule has 0 atom stereocenters. The molecule has 1 heterocycles. The second-order valence-electron chi connectivity index (χ2n) is 5.21. The van der Waals surface area contributed by atoms with E-state index in [0.29, 0.717) is 10.9 Å². The van der Waals surface area contributed by atoms with Crippen LogP contribution < -0.4 is 15.7 Å². The van der Waals surface area contributed by atoms with Gasteiger partial charge >= 0.3 is 12.0 Å². The van der Waals surface area contributed by atoms with E-state index in [4.69, 9.17) is 4.42 Å². The lowest BCUT2D eigenvalue weighted by molar-refractivity contribution is -0.274. The zero-order chi connectivity index (χ0) is 18.0. The molecule has 130 valence electrons. The molecule has 0 spiro atoms. The van der Waals surface area contributed by atoms with Gasteiger partial charge in [-0.15, -0.1) is 13.2 Å². The lowest BCUT2D eigenvalue weighted by Gasteiger charge is -2.10. The third-order valence-electron chi connectivity index (χ3n) is 3.36. The first-order chi connectivity index (χ1) is 11.8. The Kier molecular flexibility index (Phi) is 4.26. The van der Waals surface area contributed by atoms with Crippen molar-refractivity contribution in [3.8, 4) is 11.5 Å². The fourth-order valence-electron chi connectivity index (χ4n) is 2.23. The molecule has 5 nitrogen and oxygen atoms in total. The summed E-state index contributed by atoms with van der Waals surface area (Å²) in [6.07, 6.45) is -4.74. The van der Waals surface area contributed by atoms with E-state index in [0.717, 1.165) is 0 Å². The monoisotopic (exact) mass is 351 g/mol. The van der Waals surface area contributed by atoms with Gasteiger partial charge in [-0.1, -0.05) is 12.1 Å². The van der Waals surface area contributed by atoms with Crippen LogP contribution in [0.2, 0.25) is 0 Å². The Morgan fingerprint density at radius 3 is 2.48 bits per heavy atom. The fraction of sp³-hybridized carbons (Fsp3) is 0.118. The van der Waals surface area contributed by atoms with Gasteiger partial charge < -0.3 is 19.6 Å². The Hall–Kier alpha value is -3.16. The molecule has 2 N–H and O–H groups in total. The van der Waals surface area contributed by atoms with Crippen molar-refractivity contribution in [2.75, 3.05) is 5.32 Å². The van der Waals surface area contributed by atoms with Crippen molar-refractivity contribution in [1.29, 1.82) is 0 Å². The van der Waals surface area contributed by atoms with Crippen molar-refractivity contribution in [3.05, 3.63) is 64.5 Å². The predicted molar refractivity (Wildman–Crippen MR) is 84.6 cm³/mol. The predicted octanol–water partition coefficient (Wildman–Crippen LogP) is 4.01. The summed E-state index contributed by atoms with van der Waals surface area (Å²) in [5, 5.41) is 12.9. The maximum atomic E-state index is 12.1. The van der Waals surface area contributed by atoms with E-state index in [1.54, 1.807) is 12.1 Å². The molecule has 0 radical (unpaired) electrons.